The number of carbonyl (C=O) groups excluding carboxylic acids is 1. The third-order valence-electron chi connectivity index (χ3n) is 2.67. The fraction of sp³-hybridized carbons (Fsp3) is 0.250. The Labute approximate surface area is 105 Å². The molecule has 1 amide bonds. The molecule has 2 rings (SSSR count). The molecular formula is C12H15N5O. The first-order chi connectivity index (χ1) is 8.59. The van der Waals surface area contributed by atoms with Gasteiger partial charge in [-0.3, -0.25) is 14.4 Å². The van der Waals surface area contributed by atoms with Crippen molar-refractivity contribution >= 4 is 11.7 Å². The van der Waals surface area contributed by atoms with E-state index in [1.807, 2.05) is 6.07 Å². The Morgan fingerprint density at radius 3 is 2.83 bits per heavy atom. The summed E-state index contributed by atoms with van der Waals surface area (Å²) in [7, 11) is 3.43. The molecule has 18 heavy (non-hydrogen) atoms. The molecule has 2 N–H and O–H groups in total. The van der Waals surface area contributed by atoms with Crippen LogP contribution in [-0.4, -0.2) is 27.7 Å². The number of carbonyl (C=O) groups is 1. The standard InChI is InChI=1S/C12H15N5O/c1-16-8-9(7-15-16)11(13)12(18)17(2)10-5-3-4-6-14-10/h3-8,11H,13H2,1-2H3. The maximum Gasteiger partial charge on any atom is 0.249 e. The zero-order valence-corrected chi connectivity index (χ0v) is 10.3. The Bertz CT molecular complexity index is 536. The van der Waals surface area contributed by atoms with E-state index in [1.54, 1.807) is 49.5 Å². The van der Waals surface area contributed by atoms with Crippen LogP contribution < -0.4 is 10.6 Å². The number of hydrogen-bond acceptors (Lipinski definition) is 4. The average molecular weight is 245 g/mol. The lowest BCUT2D eigenvalue weighted by molar-refractivity contribution is -0.119. The second kappa shape index (κ2) is 4.97. The summed E-state index contributed by atoms with van der Waals surface area (Å²) in [5.41, 5.74) is 6.60. The second-order valence-electron chi connectivity index (χ2n) is 4.01. The number of nitrogens with zero attached hydrogens (tertiary/aromatic N) is 4. The van der Waals surface area contributed by atoms with Crippen molar-refractivity contribution in [3.63, 3.8) is 0 Å². The minimum atomic E-state index is -0.731. The average Bonchev–Trinajstić information content (AvgIpc) is 2.84. The van der Waals surface area contributed by atoms with Gasteiger partial charge in [-0.1, -0.05) is 6.07 Å². The first-order valence-electron chi connectivity index (χ1n) is 5.52. The number of hydrogen-bond donors (Lipinski definition) is 1. The molecule has 0 aliphatic carbocycles. The molecule has 0 fully saturated rings. The Morgan fingerprint density at radius 2 is 2.28 bits per heavy atom. The lowest BCUT2D eigenvalue weighted by atomic mass is 10.1. The van der Waals surface area contributed by atoms with Crippen LogP contribution >= 0.6 is 0 Å². The molecule has 2 heterocycles. The van der Waals surface area contributed by atoms with Gasteiger partial charge < -0.3 is 5.73 Å². The van der Waals surface area contributed by atoms with Crippen LogP contribution in [0.2, 0.25) is 0 Å². The summed E-state index contributed by atoms with van der Waals surface area (Å²) in [5, 5.41) is 4.00. The van der Waals surface area contributed by atoms with Crippen LogP contribution in [0.25, 0.3) is 0 Å². The number of anilines is 1. The summed E-state index contributed by atoms with van der Waals surface area (Å²) in [5.74, 6) is 0.351. The molecule has 1 atom stereocenters. The number of aryl methyl sites for hydroxylation is 1. The van der Waals surface area contributed by atoms with E-state index in [0.29, 0.717) is 11.4 Å². The summed E-state index contributed by atoms with van der Waals surface area (Å²) >= 11 is 0. The van der Waals surface area contributed by atoms with Gasteiger partial charge in [-0.15, -0.1) is 0 Å². The van der Waals surface area contributed by atoms with E-state index in [1.165, 1.54) is 4.90 Å². The maximum atomic E-state index is 12.2. The minimum Gasteiger partial charge on any atom is -0.316 e. The molecule has 0 radical (unpaired) electrons. The highest BCUT2D eigenvalue weighted by Crippen LogP contribution is 2.15. The van der Waals surface area contributed by atoms with Gasteiger partial charge >= 0.3 is 0 Å². The monoisotopic (exact) mass is 245 g/mol. The van der Waals surface area contributed by atoms with Crippen LogP contribution in [-0.2, 0) is 11.8 Å². The summed E-state index contributed by atoms with van der Waals surface area (Å²) < 4.78 is 1.61. The molecule has 2 aromatic heterocycles. The highest BCUT2D eigenvalue weighted by atomic mass is 16.2. The molecule has 0 saturated heterocycles. The molecule has 0 spiro atoms. The molecule has 1 unspecified atom stereocenters. The van der Waals surface area contributed by atoms with Gasteiger partial charge in [-0.2, -0.15) is 5.10 Å². The molecule has 0 aliphatic rings. The molecule has 0 aromatic carbocycles. The molecule has 0 aliphatic heterocycles. The number of amides is 1. The van der Waals surface area contributed by atoms with Gasteiger partial charge in [0.2, 0.25) is 5.91 Å². The highest BCUT2D eigenvalue weighted by Gasteiger charge is 2.22. The largest absolute Gasteiger partial charge is 0.316 e. The van der Waals surface area contributed by atoms with Crippen LogP contribution in [0.5, 0.6) is 0 Å². The Balaban J connectivity index is 2.16. The van der Waals surface area contributed by atoms with Crippen LogP contribution in [0.1, 0.15) is 11.6 Å². The Hall–Kier alpha value is -2.21. The molecule has 2 aromatic rings. The zero-order chi connectivity index (χ0) is 13.1. The predicted octanol–water partition coefficient (Wildman–Crippen LogP) is 0.478. The van der Waals surface area contributed by atoms with Crippen LogP contribution in [0.15, 0.2) is 36.8 Å². The molecule has 6 nitrogen and oxygen atoms in total. The van der Waals surface area contributed by atoms with Gasteiger partial charge in [0, 0.05) is 32.1 Å². The highest BCUT2D eigenvalue weighted by molar-refractivity contribution is 5.96. The lowest BCUT2D eigenvalue weighted by Crippen LogP contribution is -2.36. The maximum absolute atomic E-state index is 12.2. The van der Waals surface area contributed by atoms with Gasteiger partial charge in [-0.25, -0.2) is 4.98 Å². The first-order valence-corrected chi connectivity index (χ1v) is 5.52. The summed E-state index contributed by atoms with van der Waals surface area (Å²) in [6, 6.07) is 4.64. The van der Waals surface area contributed by atoms with Crippen molar-refractivity contribution in [3.05, 3.63) is 42.4 Å². The number of likely N-dealkylation sites (N-methyl/N-ethyl adjacent to an activating group) is 1. The number of aromatic nitrogens is 3. The van der Waals surface area contributed by atoms with Gasteiger partial charge in [0.05, 0.1) is 6.20 Å². The Kier molecular flexibility index (Phi) is 3.38. The topological polar surface area (TPSA) is 77.0 Å². The van der Waals surface area contributed by atoms with E-state index < -0.39 is 6.04 Å². The van der Waals surface area contributed by atoms with E-state index >= 15 is 0 Å². The third kappa shape index (κ3) is 2.38. The van der Waals surface area contributed by atoms with Gasteiger partial charge in [-0.05, 0) is 12.1 Å². The lowest BCUT2D eigenvalue weighted by Gasteiger charge is -2.19. The Morgan fingerprint density at radius 1 is 1.50 bits per heavy atom. The van der Waals surface area contributed by atoms with Crippen molar-refractivity contribution in [2.75, 3.05) is 11.9 Å². The molecular weight excluding hydrogens is 230 g/mol. The van der Waals surface area contributed by atoms with Crippen molar-refractivity contribution < 1.29 is 4.79 Å². The predicted molar refractivity (Wildman–Crippen MR) is 67.8 cm³/mol. The minimum absolute atomic E-state index is 0.221. The van der Waals surface area contributed by atoms with E-state index in [4.69, 9.17) is 5.73 Å². The summed E-state index contributed by atoms with van der Waals surface area (Å²) in [6.45, 7) is 0. The SMILES string of the molecule is CN(C(=O)C(N)c1cnn(C)c1)c1ccccn1. The molecule has 0 bridgehead atoms. The number of nitrogens with two attached hydrogens (primary N) is 1. The normalized spacial score (nSPS) is 12.2. The zero-order valence-electron chi connectivity index (χ0n) is 10.3. The van der Waals surface area contributed by atoms with E-state index in [2.05, 4.69) is 10.1 Å². The van der Waals surface area contributed by atoms with Crippen molar-refractivity contribution in [2.24, 2.45) is 12.8 Å². The second-order valence-corrected chi connectivity index (χ2v) is 4.01. The van der Waals surface area contributed by atoms with E-state index in [0.717, 1.165) is 0 Å². The summed E-state index contributed by atoms with van der Waals surface area (Å²) in [4.78, 5) is 17.7. The fourth-order valence-corrected chi connectivity index (χ4v) is 1.62. The molecule has 0 saturated carbocycles. The van der Waals surface area contributed by atoms with Gasteiger partial charge in [0.15, 0.2) is 0 Å². The quantitative estimate of drug-likeness (QED) is 0.853. The van der Waals surface area contributed by atoms with Crippen molar-refractivity contribution in [3.8, 4) is 0 Å². The fourth-order valence-electron chi connectivity index (χ4n) is 1.62. The van der Waals surface area contributed by atoms with Crippen molar-refractivity contribution in [2.45, 2.75) is 6.04 Å². The van der Waals surface area contributed by atoms with E-state index in [-0.39, 0.29) is 5.91 Å². The van der Waals surface area contributed by atoms with Gasteiger partial charge in [0.1, 0.15) is 11.9 Å². The first kappa shape index (κ1) is 12.3. The van der Waals surface area contributed by atoms with E-state index in [9.17, 15) is 4.79 Å². The number of rotatable bonds is 3. The van der Waals surface area contributed by atoms with Gasteiger partial charge in [0.25, 0.3) is 0 Å². The number of pyridine rings is 1. The molecule has 94 valence electrons. The summed E-state index contributed by atoms with van der Waals surface area (Å²) in [6.07, 6.45) is 4.96. The smallest absolute Gasteiger partial charge is 0.249 e. The van der Waals surface area contributed by atoms with Crippen LogP contribution in [0.3, 0.4) is 0 Å². The van der Waals surface area contributed by atoms with Crippen molar-refractivity contribution in [1.29, 1.82) is 0 Å². The van der Waals surface area contributed by atoms with Crippen LogP contribution in [0.4, 0.5) is 5.82 Å². The molecule has 6 heteroatoms. The third-order valence-corrected chi connectivity index (χ3v) is 2.67. The van der Waals surface area contributed by atoms with Crippen molar-refractivity contribution in [1.82, 2.24) is 14.8 Å². The van der Waals surface area contributed by atoms with Crippen LogP contribution in [0, 0.1) is 0 Å².